The van der Waals surface area contributed by atoms with Crippen LogP contribution in [0.15, 0.2) is 24.3 Å². The smallest absolute Gasteiger partial charge is 0.220 e. The number of nitrogens with one attached hydrogen (secondary N) is 1. The maximum Gasteiger partial charge on any atom is 0.220 e. The second-order valence-electron chi connectivity index (χ2n) is 5.79. The third-order valence-electron chi connectivity index (χ3n) is 3.81. The van der Waals surface area contributed by atoms with Crippen LogP contribution in [0.2, 0.25) is 0 Å². The largest absolute Gasteiger partial charge is 0.493 e. The quantitative estimate of drug-likeness (QED) is 0.775. The number of amides is 1. The SMILES string of the molecule is Cc1ccccc1OCCCC(=O)NCC1CCS(=O)(=O)C1. The van der Waals surface area contributed by atoms with Gasteiger partial charge in [-0.3, -0.25) is 4.79 Å². The highest BCUT2D eigenvalue weighted by molar-refractivity contribution is 7.91. The fraction of sp³-hybridized carbons (Fsp3) is 0.562. The number of carbonyl (C=O) groups is 1. The molecule has 0 aliphatic carbocycles. The summed E-state index contributed by atoms with van der Waals surface area (Å²) in [7, 11) is -2.87. The van der Waals surface area contributed by atoms with E-state index in [-0.39, 0.29) is 23.3 Å². The topological polar surface area (TPSA) is 72.5 Å². The number of carbonyl (C=O) groups excluding carboxylic acids is 1. The van der Waals surface area contributed by atoms with E-state index in [1.165, 1.54) is 0 Å². The Morgan fingerprint density at radius 3 is 2.82 bits per heavy atom. The van der Waals surface area contributed by atoms with Crippen LogP contribution in [0, 0.1) is 12.8 Å². The van der Waals surface area contributed by atoms with Crippen molar-refractivity contribution in [2.45, 2.75) is 26.2 Å². The van der Waals surface area contributed by atoms with Gasteiger partial charge >= 0.3 is 0 Å². The Bertz CT molecular complexity index is 612. The Hall–Kier alpha value is -1.56. The molecule has 1 aliphatic rings. The van der Waals surface area contributed by atoms with Crippen LogP contribution in [0.5, 0.6) is 5.75 Å². The van der Waals surface area contributed by atoms with Crippen molar-refractivity contribution >= 4 is 15.7 Å². The summed E-state index contributed by atoms with van der Waals surface area (Å²) in [6.45, 7) is 2.94. The van der Waals surface area contributed by atoms with Gasteiger partial charge in [-0.15, -0.1) is 0 Å². The summed E-state index contributed by atoms with van der Waals surface area (Å²) < 4.78 is 28.3. The molecular weight excluding hydrogens is 302 g/mol. The number of aryl methyl sites for hydroxylation is 1. The van der Waals surface area contributed by atoms with Crippen LogP contribution in [-0.4, -0.2) is 39.0 Å². The molecule has 2 rings (SSSR count). The van der Waals surface area contributed by atoms with Gasteiger partial charge in [0.1, 0.15) is 5.75 Å². The fourth-order valence-electron chi connectivity index (χ4n) is 2.51. The normalized spacial score (nSPS) is 19.8. The Labute approximate surface area is 132 Å². The molecule has 0 aromatic heterocycles. The van der Waals surface area contributed by atoms with E-state index < -0.39 is 9.84 Å². The Balaban J connectivity index is 1.59. The Morgan fingerprint density at radius 2 is 2.14 bits per heavy atom. The van der Waals surface area contributed by atoms with Crippen LogP contribution < -0.4 is 10.1 Å². The predicted molar refractivity (Wildman–Crippen MR) is 85.7 cm³/mol. The number of hydrogen-bond donors (Lipinski definition) is 1. The Morgan fingerprint density at radius 1 is 1.36 bits per heavy atom. The number of ether oxygens (including phenoxy) is 1. The number of sulfone groups is 1. The zero-order valence-corrected chi connectivity index (χ0v) is 13.7. The van der Waals surface area contributed by atoms with Gasteiger partial charge in [-0.1, -0.05) is 18.2 Å². The molecule has 5 nitrogen and oxygen atoms in total. The maximum absolute atomic E-state index is 11.7. The van der Waals surface area contributed by atoms with Crippen LogP contribution in [0.4, 0.5) is 0 Å². The van der Waals surface area contributed by atoms with Gasteiger partial charge in [0.2, 0.25) is 5.91 Å². The second-order valence-corrected chi connectivity index (χ2v) is 8.02. The lowest BCUT2D eigenvalue weighted by molar-refractivity contribution is -0.121. The first-order valence-electron chi connectivity index (χ1n) is 7.62. The Kier molecular flexibility index (Phi) is 5.83. The molecule has 1 saturated heterocycles. The molecule has 1 unspecified atom stereocenters. The second kappa shape index (κ2) is 7.63. The van der Waals surface area contributed by atoms with Crippen molar-refractivity contribution < 1.29 is 17.9 Å². The molecule has 6 heteroatoms. The van der Waals surface area contributed by atoms with E-state index in [0.29, 0.717) is 32.4 Å². The highest BCUT2D eigenvalue weighted by Crippen LogP contribution is 2.18. The lowest BCUT2D eigenvalue weighted by Gasteiger charge is -2.10. The minimum atomic E-state index is -2.87. The van der Waals surface area contributed by atoms with Gasteiger partial charge in [-0.2, -0.15) is 0 Å². The number of benzene rings is 1. The molecule has 0 bridgehead atoms. The summed E-state index contributed by atoms with van der Waals surface area (Å²) in [5.41, 5.74) is 1.08. The van der Waals surface area contributed by atoms with Gasteiger partial charge < -0.3 is 10.1 Å². The van der Waals surface area contributed by atoms with Crippen LogP contribution in [0.1, 0.15) is 24.8 Å². The van der Waals surface area contributed by atoms with E-state index in [1.54, 1.807) is 0 Å². The zero-order valence-electron chi connectivity index (χ0n) is 12.9. The van der Waals surface area contributed by atoms with Crippen molar-refractivity contribution in [2.24, 2.45) is 5.92 Å². The molecule has 0 saturated carbocycles. The maximum atomic E-state index is 11.7. The molecule has 1 N–H and O–H groups in total. The van der Waals surface area contributed by atoms with Gasteiger partial charge in [-0.25, -0.2) is 8.42 Å². The number of rotatable bonds is 7. The predicted octanol–water partition coefficient (Wildman–Crippen LogP) is 1.70. The van der Waals surface area contributed by atoms with Crippen LogP contribution in [-0.2, 0) is 14.6 Å². The molecule has 1 atom stereocenters. The van der Waals surface area contributed by atoms with Gasteiger partial charge in [0.25, 0.3) is 0 Å². The van der Waals surface area contributed by atoms with Crippen molar-refractivity contribution in [2.75, 3.05) is 24.7 Å². The van der Waals surface area contributed by atoms with Gasteiger partial charge in [-0.05, 0) is 37.3 Å². The highest BCUT2D eigenvalue weighted by atomic mass is 32.2. The zero-order chi connectivity index (χ0) is 16.0. The van der Waals surface area contributed by atoms with E-state index in [2.05, 4.69) is 5.32 Å². The van der Waals surface area contributed by atoms with Crippen LogP contribution >= 0.6 is 0 Å². The van der Waals surface area contributed by atoms with Gasteiger partial charge in [0.05, 0.1) is 18.1 Å². The molecule has 1 amide bonds. The average molecular weight is 325 g/mol. The summed E-state index contributed by atoms with van der Waals surface area (Å²) in [6, 6.07) is 7.77. The van der Waals surface area contributed by atoms with Crippen LogP contribution in [0.25, 0.3) is 0 Å². The summed E-state index contributed by atoms with van der Waals surface area (Å²) in [5, 5.41) is 2.81. The number of para-hydroxylation sites is 1. The molecule has 0 radical (unpaired) electrons. The van der Waals surface area contributed by atoms with E-state index in [9.17, 15) is 13.2 Å². The summed E-state index contributed by atoms with van der Waals surface area (Å²) >= 11 is 0. The molecule has 1 aromatic rings. The van der Waals surface area contributed by atoms with Crippen LogP contribution in [0.3, 0.4) is 0 Å². The fourth-order valence-corrected chi connectivity index (χ4v) is 4.37. The third kappa shape index (κ3) is 5.33. The molecular formula is C16H23NO4S. The van der Waals surface area contributed by atoms with Gasteiger partial charge in [0, 0.05) is 13.0 Å². The molecule has 1 heterocycles. The lowest BCUT2D eigenvalue weighted by atomic mass is 10.1. The molecule has 1 aromatic carbocycles. The van der Waals surface area contributed by atoms with Crippen molar-refractivity contribution in [1.82, 2.24) is 5.32 Å². The minimum absolute atomic E-state index is 0.0438. The minimum Gasteiger partial charge on any atom is -0.493 e. The molecule has 122 valence electrons. The molecule has 1 aliphatic heterocycles. The van der Waals surface area contributed by atoms with E-state index in [4.69, 9.17) is 4.74 Å². The molecule has 1 fully saturated rings. The van der Waals surface area contributed by atoms with Crippen molar-refractivity contribution in [3.05, 3.63) is 29.8 Å². The van der Waals surface area contributed by atoms with Crippen molar-refractivity contribution in [1.29, 1.82) is 0 Å². The number of hydrogen-bond acceptors (Lipinski definition) is 4. The first-order valence-corrected chi connectivity index (χ1v) is 9.44. The third-order valence-corrected chi connectivity index (χ3v) is 5.65. The summed E-state index contributed by atoms with van der Waals surface area (Å²) in [5.74, 6) is 1.32. The first kappa shape index (κ1) is 16.8. The van der Waals surface area contributed by atoms with Gasteiger partial charge in [0.15, 0.2) is 9.84 Å². The van der Waals surface area contributed by atoms with E-state index in [1.807, 2.05) is 31.2 Å². The monoisotopic (exact) mass is 325 g/mol. The first-order chi connectivity index (χ1) is 10.5. The van der Waals surface area contributed by atoms with E-state index >= 15 is 0 Å². The van der Waals surface area contributed by atoms with Crippen molar-refractivity contribution in [3.63, 3.8) is 0 Å². The highest BCUT2D eigenvalue weighted by Gasteiger charge is 2.27. The average Bonchev–Trinajstić information content (AvgIpc) is 2.82. The molecule has 0 spiro atoms. The van der Waals surface area contributed by atoms with E-state index in [0.717, 1.165) is 11.3 Å². The molecule has 22 heavy (non-hydrogen) atoms. The lowest BCUT2D eigenvalue weighted by Crippen LogP contribution is -2.29. The standard InChI is InChI=1S/C16H23NO4S/c1-13-5-2-3-6-15(13)21-9-4-7-16(18)17-11-14-8-10-22(19,20)12-14/h2-3,5-6,14H,4,7-12H2,1H3,(H,17,18). The van der Waals surface area contributed by atoms with Crippen molar-refractivity contribution in [3.8, 4) is 5.75 Å². The summed E-state index contributed by atoms with van der Waals surface area (Å²) in [4.78, 5) is 11.7. The summed E-state index contributed by atoms with van der Waals surface area (Å²) in [6.07, 6.45) is 1.69.